The second-order valence-electron chi connectivity index (χ2n) is 5.14. The normalized spacial score (nSPS) is 11.8. The molecule has 0 aliphatic rings. The van der Waals surface area contributed by atoms with Crippen molar-refractivity contribution >= 4 is 9.84 Å². The molecule has 0 atom stereocenters. The van der Waals surface area contributed by atoms with Crippen LogP contribution in [0, 0.1) is 12.7 Å². The van der Waals surface area contributed by atoms with Gasteiger partial charge in [0.15, 0.2) is 5.82 Å². The molecule has 8 heteroatoms. The number of aromatic nitrogens is 3. The Hall–Kier alpha value is -2.48. The Morgan fingerprint density at radius 1 is 1.17 bits per heavy atom. The first-order valence-electron chi connectivity index (χ1n) is 6.79. The number of benzene rings is 1. The summed E-state index contributed by atoms with van der Waals surface area (Å²) in [4.78, 5) is 0. The van der Waals surface area contributed by atoms with Crippen LogP contribution in [0.4, 0.5) is 4.39 Å². The zero-order valence-corrected chi connectivity index (χ0v) is 13.3. The number of furan rings is 1. The summed E-state index contributed by atoms with van der Waals surface area (Å²) in [7, 11) is -2.12. The molecule has 0 aliphatic carbocycles. The zero-order valence-electron chi connectivity index (χ0n) is 12.5. The van der Waals surface area contributed by atoms with E-state index in [9.17, 15) is 12.8 Å². The van der Waals surface area contributed by atoms with Crippen LogP contribution in [0.25, 0.3) is 11.4 Å². The van der Waals surface area contributed by atoms with Gasteiger partial charge in [0.2, 0.25) is 15.0 Å². The molecule has 0 radical (unpaired) electrons. The lowest BCUT2D eigenvalue weighted by molar-refractivity contribution is 0.534. The van der Waals surface area contributed by atoms with Crippen LogP contribution in [-0.4, -0.2) is 23.2 Å². The van der Waals surface area contributed by atoms with E-state index in [1.807, 2.05) is 0 Å². The first-order valence-corrected chi connectivity index (χ1v) is 8.45. The van der Waals surface area contributed by atoms with Gasteiger partial charge in [-0.3, -0.25) is 0 Å². The third kappa shape index (κ3) is 2.89. The van der Waals surface area contributed by atoms with E-state index in [1.54, 1.807) is 20.0 Å². The van der Waals surface area contributed by atoms with E-state index in [1.165, 1.54) is 35.1 Å². The predicted molar refractivity (Wildman–Crippen MR) is 80.7 cm³/mol. The number of halogens is 1. The molecular weight excluding hydrogens is 321 g/mol. The van der Waals surface area contributed by atoms with Gasteiger partial charge >= 0.3 is 0 Å². The molecule has 0 bridgehead atoms. The lowest BCUT2D eigenvalue weighted by Gasteiger charge is -2.05. The van der Waals surface area contributed by atoms with E-state index in [4.69, 9.17) is 4.42 Å². The predicted octanol–water partition coefficient (Wildman–Crippen LogP) is 2.50. The Kier molecular flexibility index (Phi) is 3.77. The molecule has 1 aromatic carbocycles. The molecule has 0 fully saturated rings. The summed E-state index contributed by atoms with van der Waals surface area (Å²) in [6.45, 7) is 1.76. The van der Waals surface area contributed by atoms with Gasteiger partial charge in [-0.1, -0.05) is 12.1 Å². The van der Waals surface area contributed by atoms with E-state index in [0.29, 0.717) is 22.7 Å². The Morgan fingerprint density at radius 2 is 1.87 bits per heavy atom. The summed E-state index contributed by atoms with van der Waals surface area (Å²) in [6.07, 6.45) is 1.51. The Morgan fingerprint density at radius 3 is 2.48 bits per heavy atom. The smallest absolute Gasteiger partial charge is 0.250 e. The molecule has 0 N–H and O–H groups in total. The average molecular weight is 335 g/mol. The number of hydrogen-bond acceptors (Lipinski definition) is 5. The van der Waals surface area contributed by atoms with E-state index in [0.717, 1.165) is 0 Å². The maximum Gasteiger partial charge on any atom is 0.250 e. The van der Waals surface area contributed by atoms with Crippen LogP contribution < -0.4 is 0 Å². The van der Waals surface area contributed by atoms with Gasteiger partial charge in [-0.15, -0.1) is 10.2 Å². The van der Waals surface area contributed by atoms with Gasteiger partial charge in [-0.05, 0) is 30.7 Å². The maximum absolute atomic E-state index is 12.9. The molecular formula is C15H14FN3O3S. The molecule has 6 nitrogen and oxygen atoms in total. The summed E-state index contributed by atoms with van der Waals surface area (Å²) in [5.74, 6) is 0.350. The van der Waals surface area contributed by atoms with E-state index >= 15 is 0 Å². The zero-order chi connectivity index (χ0) is 16.6. The fourth-order valence-corrected chi connectivity index (χ4v) is 3.73. The van der Waals surface area contributed by atoms with Gasteiger partial charge in [0, 0.05) is 7.05 Å². The van der Waals surface area contributed by atoms with Crippen molar-refractivity contribution in [3.05, 3.63) is 53.7 Å². The SMILES string of the molecule is Cc1occc1-c1nnc(S(=O)(=O)Cc2ccc(F)cc2)n1C. The van der Waals surface area contributed by atoms with E-state index < -0.39 is 15.7 Å². The molecule has 0 aliphatic heterocycles. The monoisotopic (exact) mass is 335 g/mol. The molecule has 2 heterocycles. The highest BCUT2D eigenvalue weighted by Gasteiger charge is 2.25. The minimum atomic E-state index is -3.70. The molecule has 0 unspecified atom stereocenters. The highest BCUT2D eigenvalue weighted by Crippen LogP contribution is 2.24. The van der Waals surface area contributed by atoms with Crippen LogP contribution in [0.15, 0.2) is 46.2 Å². The van der Waals surface area contributed by atoms with Crippen molar-refractivity contribution in [2.45, 2.75) is 17.8 Å². The molecule has 0 spiro atoms. The summed E-state index contributed by atoms with van der Waals surface area (Å²) >= 11 is 0. The van der Waals surface area contributed by atoms with Crippen LogP contribution in [0.1, 0.15) is 11.3 Å². The molecule has 0 saturated carbocycles. The van der Waals surface area contributed by atoms with Crippen molar-refractivity contribution in [2.24, 2.45) is 7.05 Å². The lowest BCUT2D eigenvalue weighted by Crippen LogP contribution is -2.11. The minimum Gasteiger partial charge on any atom is -0.469 e. The Bertz CT molecular complexity index is 943. The number of sulfone groups is 1. The second-order valence-corrected chi connectivity index (χ2v) is 7.02. The minimum absolute atomic E-state index is 0.141. The first-order chi connectivity index (χ1) is 10.9. The number of rotatable bonds is 4. The van der Waals surface area contributed by atoms with Gasteiger partial charge in [-0.25, -0.2) is 12.8 Å². The van der Waals surface area contributed by atoms with Crippen LogP contribution in [0.5, 0.6) is 0 Å². The van der Waals surface area contributed by atoms with Crippen molar-refractivity contribution in [3.8, 4) is 11.4 Å². The van der Waals surface area contributed by atoms with Gasteiger partial charge in [0.25, 0.3) is 0 Å². The van der Waals surface area contributed by atoms with Gasteiger partial charge in [0.05, 0.1) is 17.6 Å². The molecule has 3 rings (SSSR count). The van der Waals surface area contributed by atoms with Crippen molar-refractivity contribution in [2.75, 3.05) is 0 Å². The molecule has 0 saturated heterocycles. The third-order valence-corrected chi connectivity index (χ3v) is 5.11. The topological polar surface area (TPSA) is 78.0 Å². The van der Waals surface area contributed by atoms with Gasteiger partial charge < -0.3 is 8.98 Å². The fraction of sp³-hybridized carbons (Fsp3) is 0.200. The summed E-state index contributed by atoms with van der Waals surface area (Å²) in [6, 6.07) is 7.02. The van der Waals surface area contributed by atoms with Gasteiger partial charge in [-0.2, -0.15) is 0 Å². The quantitative estimate of drug-likeness (QED) is 0.732. The van der Waals surface area contributed by atoms with Gasteiger partial charge in [0.1, 0.15) is 11.6 Å². The highest BCUT2D eigenvalue weighted by molar-refractivity contribution is 7.90. The summed E-state index contributed by atoms with van der Waals surface area (Å²) < 4.78 is 44.6. The fourth-order valence-electron chi connectivity index (χ4n) is 2.30. The molecule has 0 amide bonds. The lowest BCUT2D eigenvalue weighted by atomic mass is 10.2. The molecule has 23 heavy (non-hydrogen) atoms. The van der Waals surface area contributed by atoms with Crippen LogP contribution in [0.2, 0.25) is 0 Å². The average Bonchev–Trinajstić information content (AvgIpc) is 3.07. The molecule has 120 valence electrons. The summed E-state index contributed by atoms with van der Waals surface area (Å²) in [5, 5.41) is 7.62. The van der Waals surface area contributed by atoms with Crippen molar-refractivity contribution in [1.29, 1.82) is 0 Å². The largest absolute Gasteiger partial charge is 0.469 e. The standard InChI is InChI=1S/C15H14FN3O3S/c1-10-13(7-8-22-10)14-17-18-15(19(14)2)23(20,21)9-11-3-5-12(16)6-4-11/h3-8H,9H2,1-2H3. The maximum atomic E-state index is 12.9. The van der Waals surface area contributed by atoms with Crippen LogP contribution >= 0.6 is 0 Å². The van der Waals surface area contributed by atoms with Crippen LogP contribution in [0.3, 0.4) is 0 Å². The summed E-state index contributed by atoms with van der Waals surface area (Å²) in [5.41, 5.74) is 1.17. The van der Waals surface area contributed by atoms with E-state index in [-0.39, 0.29) is 10.9 Å². The Labute approximate surface area is 132 Å². The van der Waals surface area contributed by atoms with E-state index in [2.05, 4.69) is 10.2 Å². The van der Waals surface area contributed by atoms with Crippen molar-refractivity contribution < 1.29 is 17.2 Å². The molecule has 2 aromatic heterocycles. The number of nitrogens with zero attached hydrogens (tertiary/aromatic N) is 3. The first kappa shape index (κ1) is 15.4. The second kappa shape index (κ2) is 5.62. The Balaban J connectivity index is 1.96. The van der Waals surface area contributed by atoms with Crippen molar-refractivity contribution in [3.63, 3.8) is 0 Å². The highest BCUT2D eigenvalue weighted by atomic mass is 32.2. The number of aryl methyl sites for hydroxylation is 1. The van der Waals surface area contributed by atoms with Crippen molar-refractivity contribution in [1.82, 2.24) is 14.8 Å². The van der Waals surface area contributed by atoms with Crippen LogP contribution in [-0.2, 0) is 22.6 Å². The molecule has 3 aromatic rings. The number of hydrogen-bond donors (Lipinski definition) is 0. The third-order valence-electron chi connectivity index (χ3n) is 3.48.